The van der Waals surface area contributed by atoms with Crippen molar-refractivity contribution in [1.29, 1.82) is 0 Å². The van der Waals surface area contributed by atoms with Gasteiger partial charge in [0.25, 0.3) is 0 Å². The number of anilines is 1. The van der Waals surface area contributed by atoms with Crippen LogP contribution in [0.5, 0.6) is 0 Å². The summed E-state index contributed by atoms with van der Waals surface area (Å²) in [5, 5.41) is 0.403. The smallest absolute Gasteiger partial charge is 0.340 e. The zero-order valence-corrected chi connectivity index (χ0v) is 11.7. The number of carbonyl (C=O) groups is 1. The Balaban J connectivity index is 2.15. The van der Waals surface area contributed by atoms with Crippen LogP contribution in [-0.2, 0) is 11.3 Å². The molecule has 104 valence electrons. The number of hydrogen-bond donors (Lipinski definition) is 1. The van der Waals surface area contributed by atoms with E-state index in [1.54, 1.807) is 6.07 Å². The Labute approximate surface area is 125 Å². The summed E-state index contributed by atoms with van der Waals surface area (Å²) in [5.41, 5.74) is 6.19. The molecule has 0 spiro atoms. The van der Waals surface area contributed by atoms with Crippen LogP contribution in [0.2, 0.25) is 10.0 Å². The zero-order valence-electron chi connectivity index (χ0n) is 10.2. The molecule has 0 aliphatic heterocycles. The quantitative estimate of drug-likeness (QED) is 0.686. The normalized spacial score (nSPS) is 10.3. The average Bonchev–Trinajstić information content (AvgIpc) is 2.40. The minimum atomic E-state index is -0.693. The molecule has 0 saturated heterocycles. The van der Waals surface area contributed by atoms with Crippen LogP contribution in [0.4, 0.5) is 10.1 Å². The van der Waals surface area contributed by atoms with Crippen molar-refractivity contribution in [2.45, 2.75) is 6.61 Å². The van der Waals surface area contributed by atoms with Crippen molar-refractivity contribution < 1.29 is 13.9 Å². The Morgan fingerprint density at radius 3 is 2.65 bits per heavy atom. The number of hydrogen-bond acceptors (Lipinski definition) is 3. The number of halogens is 3. The topological polar surface area (TPSA) is 52.3 Å². The molecule has 2 N–H and O–H groups in total. The molecular formula is C14H10Cl2FNO2. The van der Waals surface area contributed by atoms with Crippen LogP contribution in [0, 0.1) is 5.82 Å². The summed E-state index contributed by atoms with van der Waals surface area (Å²) in [5.74, 6) is -1.23. The van der Waals surface area contributed by atoms with Gasteiger partial charge < -0.3 is 10.5 Å². The Kier molecular flexibility index (Phi) is 4.47. The summed E-state index contributed by atoms with van der Waals surface area (Å²) < 4.78 is 18.5. The predicted molar refractivity (Wildman–Crippen MR) is 76.4 cm³/mol. The summed E-state index contributed by atoms with van der Waals surface area (Å²) in [6, 6.07) is 8.67. The van der Waals surface area contributed by atoms with Crippen LogP contribution < -0.4 is 5.73 Å². The van der Waals surface area contributed by atoms with Gasteiger partial charge in [0, 0.05) is 11.3 Å². The lowest BCUT2D eigenvalue weighted by atomic mass is 10.2. The minimum absolute atomic E-state index is 0.113. The van der Waals surface area contributed by atoms with Crippen LogP contribution in [0.15, 0.2) is 36.4 Å². The summed E-state index contributed by atoms with van der Waals surface area (Å²) in [6.07, 6.45) is 0. The molecule has 2 rings (SSSR count). The summed E-state index contributed by atoms with van der Waals surface area (Å²) in [6.45, 7) is -0.282. The van der Waals surface area contributed by atoms with E-state index in [1.165, 1.54) is 30.3 Å². The first-order chi connectivity index (χ1) is 9.49. The molecule has 20 heavy (non-hydrogen) atoms. The molecule has 0 fully saturated rings. The molecule has 3 nitrogen and oxygen atoms in total. The van der Waals surface area contributed by atoms with Gasteiger partial charge in [-0.3, -0.25) is 0 Å². The third-order valence-electron chi connectivity index (χ3n) is 2.62. The van der Waals surface area contributed by atoms with E-state index in [1.807, 2.05) is 0 Å². The zero-order chi connectivity index (χ0) is 14.7. The van der Waals surface area contributed by atoms with Crippen LogP contribution in [-0.4, -0.2) is 5.97 Å². The van der Waals surface area contributed by atoms with Crippen LogP contribution in [0.1, 0.15) is 15.9 Å². The van der Waals surface area contributed by atoms with Crippen LogP contribution in [0.3, 0.4) is 0 Å². The summed E-state index contributed by atoms with van der Waals surface area (Å²) in [4.78, 5) is 11.9. The van der Waals surface area contributed by atoms with Crippen molar-refractivity contribution >= 4 is 34.9 Å². The Hall–Kier alpha value is -1.78. The van der Waals surface area contributed by atoms with Gasteiger partial charge in [0.05, 0.1) is 15.6 Å². The molecule has 0 aliphatic carbocycles. The van der Waals surface area contributed by atoms with Gasteiger partial charge in [-0.05, 0) is 30.3 Å². The van der Waals surface area contributed by atoms with Gasteiger partial charge in [0.1, 0.15) is 12.4 Å². The highest BCUT2D eigenvalue weighted by molar-refractivity contribution is 6.33. The molecule has 0 unspecified atom stereocenters. The largest absolute Gasteiger partial charge is 0.457 e. The Bertz CT molecular complexity index is 641. The first-order valence-electron chi connectivity index (χ1n) is 5.64. The maximum absolute atomic E-state index is 13.5. The van der Waals surface area contributed by atoms with Crippen molar-refractivity contribution in [3.05, 3.63) is 63.4 Å². The van der Waals surface area contributed by atoms with Crippen LogP contribution >= 0.6 is 23.2 Å². The predicted octanol–water partition coefficient (Wildman–Crippen LogP) is 4.07. The van der Waals surface area contributed by atoms with Gasteiger partial charge in [-0.1, -0.05) is 29.3 Å². The second-order valence-electron chi connectivity index (χ2n) is 4.02. The maximum atomic E-state index is 13.5. The number of rotatable bonds is 3. The van der Waals surface area contributed by atoms with E-state index in [9.17, 15) is 9.18 Å². The number of ether oxygens (including phenoxy) is 1. The molecule has 0 bridgehead atoms. The molecular weight excluding hydrogens is 304 g/mol. The Morgan fingerprint density at radius 2 is 1.95 bits per heavy atom. The molecule has 0 atom stereocenters. The molecule has 6 heteroatoms. The van der Waals surface area contributed by atoms with E-state index in [-0.39, 0.29) is 27.8 Å². The fraction of sp³-hybridized carbons (Fsp3) is 0.0714. The fourth-order valence-corrected chi connectivity index (χ4v) is 2.00. The lowest BCUT2D eigenvalue weighted by Crippen LogP contribution is -2.08. The van der Waals surface area contributed by atoms with Crippen molar-refractivity contribution in [3.63, 3.8) is 0 Å². The second kappa shape index (κ2) is 6.11. The summed E-state index contributed by atoms with van der Waals surface area (Å²) in [7, 11) is 0. The van der Waals surface area contributed by atoms with E-state index < -0.39 is 11.8 Å². The molecule has 0 radical (unpaired) electrons. The lowest BCUT2D eigenvalue weighted by molar-refractivity contribution is 0.0469. The van der Waals surface area contributed by atoms with Gasteiger partial charge in [-0.25, -0.2) is 9.18 Å². The number of esters is 1. The number of nitrogen functional groups attached to an aromatic ring is 1. The molecule has 0 aromatic heterocycles. The van der Waals surface area contributed by atoms with Gasteiger partial charge in [-0.15, -0.1) is 0 Å². The molecule has 0 heterocycles. The number of carbonyl (C=O) groups excluding carboxylic acids is 1. The summed E-state index contributed by atoms with van der Waals surface area (Å²) >= 11 is 11.7. The highest BCUT2D eigenvalue weighted by atomic mass is 35.5. The first-order valence-corrected chi connectivity index (χ1v) is 6.39. The molecule has 0 aliphatic rings. The maximum Gasteiger partial charge on any atom is 0.340 e. The molecule has 2 aromatic rings. The first kappa shape index (κ1) is 14.6. The van der Waals surface area contributed by atoms with E-state index in [0.717, 1.165) is 0 Å². The molecule has 0 amide bonds. The van der Waals surface area contributed by atoms with E-state index in [2.05, 4.69) is 0 Å². The molecule has 0 saturated carbocycles. The van der Waals surface area contributed by atoms with Crippen molar-refractivity contribution in [2.24, 2.45) is 0 Å². The van der Waals surface area contributed by atoms with Crippen molar-refractivity contribution in [2.75, 3.05) is 5.73 Å². The van der Waals surface area contributed by atoms with Gasteiger partial charge in [-0.2, -0.15) is 0 Å². The van der Waals surface area contributed by atoms with Gasteiger partial charge in [0.15, 0.2) is 0 Å². The van der Waals surface area contributed by atoms with Crippen molar-refractivity contribution in [1.82, 2.24) is 0 Å². The highest BCUT2D eigenvalue weighted by Gasteiger charge is 2.15. The lowest BCUT2D eigenvalue weighted by Gasteiger charge is -2.09. The monoisotopic (exact) mass is 313 g/mol. The van der Waals surface area contributed by atoms with E-state index >= 15 is 0 Å². The van der Waals surface area contributed by atoms with Crippen LogP contribution in [0.25, 0.3) is 0 Å². The minimum Gasteiger partial charge on any atom is -0.457 e. The molecule has 2 aromatic carbocycles. The second-order valence-corrected chi connectivity index (χ2v) is 4.83. The van der Waals surface area contributed by atoms with E-state index in [4.69, 9.17) is 33.7 Å². The number of benzene rings is 2. The highest BCUT2D eigenvalue weighted by Crippen LogP contribution is 2.23. The van der Waals surface area contributed by atoms with Gasteiger partial charge in [0.2, 0.25) is 0 Å². The fourth-order valence-electron chi connectivity index (χ4n) is 1.59. The van der Waals surface area contributed by atoms with Crippen molar-refractivity contribution in [3.8, 4) is 0 Å². The average molecular weight is 314 g/mol. The standard InChI is InChI=1S/C14H10Cl2FNO2/c15-11-2-1-3-13(17)10(11)7-20-14(19)9-6-8(18)4-5-12(9)16/h1-6H,7,18H2. The number of nitrogens with two attached hydrogens (primary N) is 1. The third kappa shape index (κ3) is 3.21. The SMILES string of the molecule is Nc1ccc(Cl)c(C(=O)OCc2c(F)cccc2Cl)c1. The third-order valence-corrected chi connectivity index (χ3v) is 3.30. The Morgan fingerprint density at radius 1 is 1.20 bits per heavy atom. The van der Waals surface area contributed by atoms with Gasteiger partial charge >= 0.3 is 5.97 Å². The van der Waals surface area contributed by atoms with E-state index in [0.29, 0.717) is 5.69 Å².